The van der Waals surface area contributed by atoms with Crippen molar-refractivity contribution in [2.24, 2.45) is 5.41 Å². The van der Waals surface area contributed by atoms with E-state index in [1.165, 1.54) is 12.1 Å². The van der Waals surface area contributed by atoms with Crippen LogP contribution in [0.1, 0.15) is 26.3 Å². The molecule has 0 aliphatic carbocycles. The Hall–Kier alpha value is -0.640. The van der Waals surface area contributed by atoms with Crippen LogP contribution >= 0.6 is 11.6 Å². The van der Waals surface area contributed by atoms with Crippen LogP contribution in [0.4, 0.5) is 4.39 Å². The van der Waals surface area contributed by atoms with Gasteiger partial charge in [-0.3, -0.25) is 0 Å². The predicted octanol–water partition coefficient (Wildman–Crippen LogP) is 2.79. The van der Waals surface area contributed by atoms with E-state index in [4.69, 9.17) is 11.6 Å². The highest BCUT2D eigenvalue weighted by Crippen LogP contribution is 2.24. The number of halogens is 2. The highest BCUT2D eigenvalue weighted by Gasteiger charge is 2.29. The third-order valence-corrected chi connectivity index (χ3v) is 2.93. The fourth-order valence-electron chi connectivity index (χ4n) is 1.60. The van der Waals surface area contributed by atoms with E-state index in [0.29, 0.717) is 10.6 Å². The van der Waals surface area contributed by atoms with Crippen LogP contribution in [0, 0.1) is 11.2 Å². The van der Waals surface area contributed by atoms with E-state index in [0.717, 1.165) is 0 Å². The normalized spacial score (nSPS) is 15.7. The molecule has 1 aromatic rings. The summed E-state index contributed by atoms with van der Waals surface area (Å²) in [7, 11) is 0. The molecule has 0 fully saturated rings. The van der Waals surface area contributed by atoms with Crippen molar-refractivity contribution >= 4 is 11.6 Å². The van der Waals surface area contributed by atoms with Crippen molar-refractivity contribution in [3.05, 3.63) is 34.6 Å². The minimum atomic E-state index is -0.995. The summed E-state index contributed by atoms with van der Waals surface area (Å²) >= 11 is 5.64. The maximum atomic E-state index is 13.5. The number of aliphatic hydroxyl groups excluding tert-OH is 2. The minimum Gasteiger partial charge on any atom is -0.390 e. The van der Waals surface area contributed by atoms with Gasteiger partial charge in [0.2, 0.25) is 0 Å². The van der Waals surface area contributed by atoms with Crippen LogP contribution in [0.2, 0.25) is 5.02 Å². The molecule has 2 unspecified atom stereocenters. The summed E-state index contributed by atoms with van der Waals surface area (Å²) in [4.78, 5) is 0. The molecule has 4 heteroatoms. The Balaban J connectivity index is 2.78. The van der Waals surface area contributed by atoms with Gasteiger partial charge in [0.25, 0.3) is 0 Å². The zero-order valence-corrected chi connectivity index (χ0v) is 11.0. The van der Waals surface area contributed by atoms with E-state index >= 15 is 0 Å². The van der Waals surface area contributed by atoms with Crippen LogP contribution < -0.4 is 0 Å². The Morgan fingerprint density at radius 2 is 1.88 bits per heavy atom. The zero-order chi connectivity index (χ0) is 13.2. The van der Waals surface area contributed by atoms with E-state index in [1.54, 1.807) is 6.07 Å². The molecule has 0 bridgehead atoms. The van der Waals surface area contributed by atoms with E-state index < -0.39 is 23.4 Å². The first-order valence-electron chi connectivity index (χ1n) is 5.52. The second-order valence-electron chi connectivity index (χ2n) is 5.32. The molecule has 96 valence electrons. The van der Waals surface area contributed by atoms with Crippen molar-refractivity contribution < 1.29 is 14.6 Å². The van der Waals surface area contributed by atoms with Crippen LogP contribution in [0.25, 0.3) is 0 Å². The van der Waals surface area contributed by atoms with Crippen LogP contribution in [0.3, 0.4) is 0 Å². The third-order valence-electron chi connectivity index (χ3n) is 2.70. The first kappa shape index (κ1) is 14.4. The standard InChI is InChI=1S/C13H18ClFO2/c1-13(2,3)12(17)11(16)6-8-4-5-9(14)7-10(8)15/h4-5,7,11-12,16-17H,6H2,1-3H3. The highest BCUT2D eigenvalue weighted by atomic mass is 35.5. The summed E-state index contributed by atoms with van der Waals surface area (Å²) in [5.74, 6) is -0.461. The van der Waals surface area contributed by atoms with Crippen molar-refractivity contribution in [1.29, 1.82) is 0 Å². The number of hydrogen-bond acceptors (Lipinski definition) is 2. The lowest BCUT2D eigenvalue weighted by Crippen LogP contribution is -2.39. The van der Waals surface area contributed by atoms with Gasteiger partial charge in [0.1, 0.15) is 5.82 Å². The van der Waals surface area contributed by atoms with E-state index in [1.807, 2.05) is 20.8 Å². The quantitative estimate of drug-likeness (QED) is 0.877. The molecule has 1 rings (SSSR count). The molecule has 1 aromatic carbocycles. The summed E-state index contributed by atoms with van der Waals surface area (Å²) < 4.78 is 13.5. The average Bonchev–Trinajstić information content (AvgIpc) is 2.19. The summed E-state index contributed by atoms with van der Waals surface area (Å²) in [6, 6.07) is 4.29. The molecular formula is C13H18ClFO2. The fraction of sp³-hybridized carbons (Fsp3) is 0.538. The van der Waals surface area contributed by atoms with Gasteiger partial charge in [-0.05, 0) is 23.1 Å². The number of aliphatic hydroxyl groups is 2. The number of benzene rings is 1. The molecule has 17 heavy (non-hydrogen) atoms. The smallest absolute Gasteiger partial charge is 0.127 e. The molecule has 0 saturated heterocycles. The Morgan fingerprint density at radius 1 is 1.29 bits per heavy atom. The topological polar surface area (TPSA) is 40.5 Å². The largest absolute Gasteiger partial charge is 0.390 e. The molecule has 0 aliphatic heterocycles. The monoisotopic (exact) mass is 260 g/mol. The second-order valence-corrected chi connectivity index (χ2v) is 5.75. The number of rotatable bonds is 3. The zero-order valence-electron chi connectivity index (χ0n) is 10.2. The summed E-state index contributed by atoms with van der Waals surface area (Å²) in [6.45, 7) is 5.46. The average molecular weight is 261 g/mol. The van der Waals surface area contributed by atoms with Crippen molar-refractivity contribution in [2.75, 3.05) is 0 Å². The van der Waals surface area contributed by atoms with Gasteiger partial charge < -0.3 is 10.2 Å². The van der Waals surface area contributed by atoms with Gasteiger partial charge in [-0.1, -0.05) is 38.4 Å². The first-order chi connectivity index (χ1) is 7.71. The van der Waals surface area contributed by atoms with Crippen molar-refractivity contribution in [1.82, 2.24) is 0 Å². The Morgan fingerprint density at radius 3 is 2.35 bits per heavy atom. The maximum Gasteiger partial charge on any atom is 0.127 e. The second kappa shape index (κ2) is 5.34. The third kappa shape index (κ3) is 3.95. The lowest BCUT2D eigenvalue weighted by atomic mass is 9.84. The molecule has 0 radical (unpaired) electrons. The SMILES string of the molecule is CC(C)(C)C(O)C(O)Cc1ccc(Cl)cc1F. The van der Waals surface area contributed by atoms with Gasteiger partial charge in [0, 0.05) is 11.4 Å². The van der Waals surface area contributed by atoms with Gasteiger partial charge in [-0.15, -0.1) is 0 Å². The molecule has 2 atom stereocenters. The Bertz CT molecular complexity index is 387. The van der Waals surface area contributed by atoms with Gasteiger partial charge >= 0.3 is 0 Å². The van der Waals surface area contributed by atoms with E-state index in [9.17, 15) is 14.6 Å². The summed E-state index contributed by atoms with van der Waals surface area (Å²) in [5.41, 5.74) is -0.0901. The molecule has 0 amide bonds. The molecule has 0 aromatic heterocycles. The van der Waals surface area contributed by atoms with Crippen LogP contribution in [-0.4, -0.2) is 22.4 Å². The first-order valence-corrected chi connectivity index (χ1v) is 5.89. The fourth-order valence-corrected chi connectivity index (χ4v) is 1.76. The molecule has 0 heterocycles. The van der Waals surface area contributed by atoms with Crippen molar-refractivity contribution in [3.63, 3.8) is 0 Å². The van der Waals surface area contributed by atoms with Gasteiger partial charge in [-0.2, -0.15) is 0 Å². The molecule has 0 spiro atoms. The highest BCUT2D eigenvalue weighted by molar-refractivity contribution is 6.30. The Kier molecular flexibility index (Phi) is 4.53. The van der Waals surface area contributed by atoms with E-state index in [-0.39, 0.29) is 6.42 Å². The van der Waals surface area contributed by atoms with Crippen LogP contribution in [0.5, 0.6) is 0 Å². The predicted molar refractivity (Wildman–Crippen MR) is 66.6 cm³/mol. The molecular weight excluding hydrogens is 243 g/mol. The van der Waals surface area contributed by atoms with Crippen LogP contribution in [-0.2, 0) is 6.42 Å². The van der Waals surface area contributed by atoms with Gasteiger partial charge in [-0.25, -0.2) is 4.39 Å². The summed E-state index contributed by atoms with van der Waals surface area (Å²) in [5, 5.41) is 20.0. The van der Waals surface area contributed by atoms with Gasteiger partial charge in [0.05, 0.1) is 12.2 Å². The Labute approximate surface area is 106 Å². The van der Waals surface area contributed by atoms with Gasteiger partial charge in [0.15, 0.2) is 0 Å². The van der Waals surface area contributed by atoms with E-state index in [2.05, 4.69) is 0 Å². The minimum absolute atomic E-state index is 0.0709. The molecule has 2 N–H and O–H groups in total. The lowest BCUT2D eigenvalue weighted by Gasteiger charge is -2.30. The van der Waals surface area contributed by atoms with Crippen molar-refractivity contribution in [2.45, 2.75) is 39.4 Å². The van der Waals surface area contributed by atoms with Crippen molar-refractivity contribution in [3.8, 4) is 0 Å². The maximum absolute atomic E-state index is 13.5. The lowest BCUT2D eigenvalue weighted by molar-refractivity contribution is -0.0436. The summed E-state index contributed by atoms with van der Waals surface area (Å²) in [6.07, 6.45) is -1.83. The molecule has 0 saturated carbocycles. The van der Waals surface area contributed by atoms with Crippen LogP contribution in [0.15, 0.2) is 18.2 Å². The number of hydrogen-bond donors (Lipinski definition) is 2. The molecule has 2 nitrogen and oxygen atoms in total. The molecule has 0 aliphatic rings.